The normalized spacial score (nSPS) is 13.2. The molecular formula is C26H19N3S5. The molecule has 0 amide bonds. The van der Waals surface area contributed by atoms with E-state index in [1.807, 2.05) is 35.9 Å². The zero-order chi connectivity index (χ0) is 23.9. The summed E-state index contributed by atoms with van der Waals surface area (Å²) in [5.41, 5.74) is 1.36. The molecule has 1 unspecified atom stereocenters. The number of hydrogen-bond donors (Lipinski definition) is 0. The molecule has 4 aromatic rings. The van der Waals surface area contributed by atoms with Crippen molar-refractivity contribution in [2.75, 3.05) is 0 Å². The fraction of sp³-hybridized carbons (Fsp3) is 0.115. The van der Waals surface area contributed by atoms with Gasteiger partial charge >= 0.3 is 0 Å². The van der Waals surface area contributed by atoms with E-state index >= 15 is 0 Å². The molecule has 4 heterocycles. The van der Waals surface area contributed by atoms with Crippen LogP contribution >= 0.6 is 57.1 Å². The molecule has 3 nitrogen and oxygen atoms in total. The topological polar surface area (TPSA) is 60.5 Å². The molecule has 0 aliphatic carbocycles. The largest absolute Gasteiger partial charge is 0.244 e. The van der Waals surface area contributed by atoms with Crippen LogP contribution in [-0.4, -0.2) is 10.2 Å². The molecule has 0 saturated carbocycles. The van der Waals surface area contributed by atoms with Gasteiger partial charge in [-0.2, -0.15) is 10.5 Å². The van der Waals surface area contributed by atoms with Gasteiger partial charge in [0.15, 0.2) is 0 Å². The van der Waals surface area contributed by atoms with Gasteiger partial charge in [0.25, 0.3) is 0 Å². The van der Waals surface area contributed by atoms with Crippen molar-refractivity contribution in [2.45, 2.75) is 19.1 Å². The maximum absolute atomic E-state index is 9.56. The average Bonchev–Trinajstić information content (AvgIpc) is 3.65. The third kappa shape index (κ3) is 5.85. The molecule has 0 aliphatic rings. The number of hydrogen-bond acceptors (Lipinski definition) is 8. The molecule has 0 saturated heterocycles. The summed E-state index contributed by atoms with van der Waals surface area (Å²) in [6.45, 7) is 4.04. The Hall–Kier alpha value is -2.72. The van der Waals surface area contributed by atoms with Crippen molar-refractivity contribution in [1.82, 2.24) is 4.98 Å². The fourth-order valence-electron chi connectivity index (χ4n) is 3.03. The van der Waals surface area contributed by atoms with Crippen LogP contribution in [0.3, 0.4) is 0 Å². The number of aromatic nitrogens is 1. The number of rotatable bonds is 8. The van der Waals surface area contributed by atoms with Gasteiger partial charge in [0.2, 0.25) is 0 Å². The molecule has 4 rings (SSSR count). The second-order valence-corrected chi connectivity index (χ2v) is 12.5. The Morgan fingerprint density at radius 3 is 2.09 bits per heavy atom. The molecular weight excluding hydrogens is 515 g/mol. The van der Waals surface area contributed by atoms with Crippen LogP contribution in [-0.2, 0) is 0 Å². The monoisotopic (exact) mass is 533 g/mol. The second-order valence-electron chi connectivity index (χ2n) is 7.03. The van der Waals surface area contributed by atoms with E-state index in [9.17, 15) is 10.5 Å². The third-order valence-electron chi connectivity index (χ3n) is 4.70. The van der Waals surface area contributed by atoms with E-state index in [0.29, 0.717) is 5.57 Å². The van der Waals surface area contributed by atoms with Crippen LogP contribution in [0, 0.1) is 22.7 Å². The summed E-state index contributed by atoms with van der Waals surface area (Å²) in [6, 6.07) is 17.3. The van der Waals surface area contributed by atoms with Crippen LogP contribution in [0.1, 0.15) is 28.6 Å². The number of thioether (sulfide) groups is 1. The van der Waals surface area contributed by atoms with Crippen LogP contribution in [0.2, 0.25) is 0 Å². The first-order valence-corrected chi connectivity index (χ1v) is 14.6. The predicted octanol–water partition coefficient (Wildman–Crippen LogP) is 9.29. The minimum Gasteiger partial charge on any atom is -0.244 e. The maximum atomic E-state index is 9.56. The molecule has 1 atom stereocenters. The molecule has 0 aromatic carbocycles. The van der Waals surface area contributed by atoms with Crippen molar-refractivity contribution in [1.29, 1.82) is 10.5 Å². The molecule has 0 spiro atoms. The van der Waals surface area contributed by atoms with E-state index in [-0.39, 0.29) is 5.25 Å². The molecule has 8 heteroatoms. The summed E-state index contributed by atoms with van der Waals surface area (Å²) in [5.74, 6) is 0. The third-order valence-corrected chi connectivity index (χ3v) is 10.1. The SMILES string of the molecule is CC=CSC(C)C(C#N)=Cc1ccc(-c2ccc(-c3ccc(C=C(C#N)c4nccs4)s3)s2)s1. The Morgan fingerprint density at radius 2 is 1.53 bits per heavy atom. The minimum absolute atomic E-state index is 0.124. The summed E-state index contributed by atoms with van der Waals surface area (Å²) < 4.78 is 0. The second kappa shape index (κ2) is 11.6. The first-order chi connectivity index (χ1) is 16.6. The predicted molar refractivity (Wildman–Crippen MR) is 152 cm³/mol. The number of nitrogens with zero attached hydrogens (tertiary/aromatic N) is 3. The first kappa shape index (κ1) is 24.4. The van der Waals surface area contributed by atoms with Gasteiger partial charge < -0.3 is 0 Å². The van der Waals surface area contributed by atoms with Gasteiger partial charge in [0.1, 0.15) is 11.1 Å². The smallest absolute Gasteiger partial charge is 0.133 e. The summed E-state index contributed by atoms with van der Waals surface area (Å²) >= 11 is 8.25. The van der Waals surface area contributed by atoms with Crippen molar-refractivity contribution in [3.8, 4) is 31.6 Å². The first-order valence-electron chi connectivity index (χ1n) is 10.3. The highest BCUT2D eigenvalue weighted by Gasteiger charge is 2.12. The van der Waals surface area contributed by atoms with Crippen molar-refractivity contribution in [2.24, 2.45) is 0 Å². The number of thiazole rings is 1. The van der Waals surface area contributed by atoms with Crippen LogP contribution in [0.4, 0.5) is 0 Å². The quantitative estimate of drug-likeness (QED) is 0.212. The highest BCUT2D eigenvalue weighted by molar-refractivity contribution is 8.02. The minimum atomic E-state index is 0.124. The molecule has 0 bridgehead atoms. The zero-order valence-electron chi connectivity index (χ0n) is 18.4. The highest BCUT2D eigenvalue weighted by atomic mass is 32.2. The van der Waals surface area contributed by atoms with Gasteiger partial charge in [-0.15, -0.1) is 57.1 Å². The standard InChI is InChI=1S/C26H19N3S5/c1-3-11-30-17(2)18(15-27)13-20-4-6-22(32-20)24-8-9-25(34-24)23-7-5-21(33-23)14-19(16-28)26-29-10-12-31-26/h3-14,17H,1-2H3. The number of allylic oxidation sites excluding steroid dienone is 2. The van der Waals surface area contributed by atoms with Crippen LogP contribution in [0.5, 0.6) is 0 Å². The van der Waals surface area contributed by atoms with E-state index in [2.05, 4.69) is 60.4 Å². The van der Waals surface area contributed by atoms with Gasteiger partial charge in [0.05, 0.1) is 11.6 Å². The molecule has 4 aromatic heterocycles. The van der Waals surface area contributed by atoms with Gasteiger partial charge in [-0.3, -0.25) is 0 Å². The molecule has 0 fully saturated rings. The summed E-state index contributed by atoms with van der Waals surface area (Å²) in [6.07, 6.45) is 7.61. The van der Waals surface area contributed by atoms with Gasteiger partial charge in [0, 0.05) is 51.7 Å². The lowest BCUT2D eigenvalue weighted by Crippen LogP contribution is -1.97. The number of nitriles is 2. The van der Waals surface area contributed by atoms with Crippen molar-refractivity contribution in [3.63, 3.8) is 0 Å². The van der Waals surface area contributed by atoms with Crippen molar-refractivity contribution < 1.29 is 0 Å². The van der Waals surface area contributed by atoms with Crippen molar-refractivity contribution >= 4 is 74.8 Å². The summed E-state index contributed by atoms with van der Waals surface area (Å²) in [5, 5.41) is 23.8. The van der Waals surface area contributed by atoms with E-state index in [1.165, 1.54) is 30.8 Å². The fourth-order valence-corrected chi connectivity index (χ4v) is 7.40. The zero-order valence-corrected chi connectivity index (χ0v) is 22.5. The van der Waals surface area contributed by atoms with Crippen LogP contribution < -0.4 is 0 Å². The Bertz CT molecular complexity index is 1430. The summed E-state index contributed by atoms with van der Waals surface area (Å²) in [7, 11) is 0. The van der Waals surface area contributed by atoms with Crippen molar-refractivity contribution in [3.05, 3.63) is 79.8 Å². The molecule has 34 heavy (non-hydrogen) atoms. The Kier molecular flexibility index (Phi) is 8.34. The van der Waals surface area contributed by atoms with Gasteiger partial charge in [-0.05, 0) is 67.8 Å². The van der Waals surface area contributed by atoms with Gasteiger partial charge in [-0.1, -0.05) is 6.08 Å². The number of thiophene rings is 3. The Balaban J connectivity index is 1.52. The Labute approximate surface area is 219 Å². The molecule has 0 radical (unpaired) electrons. The molecule has 0 aliphatic heterocycles. The maximum Gasteiger partial charge on any atom is 0.133 e. The van der Waals surface area contributed by atoms with Gasteiger partial charge in [-0.25, -0.2) is 4.98 Å². The average molecular weight is 534 g/mol. The van der Waals surface area contributed by atoms with Crippen LogP contribution in [0.15, 0.2) is 65.0 Å². The van der Waals surface area contributed by atoms with E-state index in [0.717, 1.165) is 20.3 Å². The highest BCUT2D eigenvalue weighted by Crippen LogP contribution is 2.41. The van der Waals surface area contributed by atoms with E-state index in [1.54, 1.807) is 52.0 Å². The van der Waals surface area contributed by atoms with E-state index < -0.39 is 0 Å². The lowest BCUT2D eigenvalue weighted by atomic mass is 10.2. The molecule has 168 valence electrons. The lowest BCUT2D eigenvalue weighted by Gasteiger charge is -2.05. The van der Waals surface area contributed by atoms with E-state index in [4.69, 9.17) is 0 Å². The summed E-state index contributed by atoms with van der Waals surface area (Å²) in [4.78, 5) is 11.1. The lowest BCUT2D eigenvalue weighted by molar-refractivity contribution is 1.19. The van der Waals surface area contributed by atoms with Crippen LogP contribution in [0.25, 0.3) is 37.2 Å². The Morgan fingerprint density at radius 1 is 0.912 bits per heavy atom. The molecule has 0 N–H and O–H groups in total.